The number of carbonyl (C=O) groups excluding carboxylic acids is 2. The Balaban J connectivity index is 1.20. The standard InChI is InChI=1S/C35H33ClN6O4/c1-5-32(43)41-29-16-25-30(14-21(29)9-11-24-26-17-42(18-27(24)26)34(44)46-35(2,3)4)38-20-39-33(25)40-22-10-12-31(28(36)15-22)45-19-23-8-6-7-13-37-23/h5-8,10,12-16,20,24,26-27H,1,17-19H2,2-4H3,(H,41,43)(H,38,39,40). The molecule has 2 atom stereocenters. The van der Waals surface area contributed by atoms with Gasteiger partial charge in [0.25, 0.3) is 0 Å². The number of fused-ring (bicyclic) bond motifs is 2. The summed E-state index contributed by atoms with van der Waals surface area (Å²) in [6, 6.07) is 14.6. The normalized spacial score (nSPS) is 18.2. The van der Waals surface area contributed by atoms with Crippen LogP contribution in [0.5, 0.6) is 5.75 Å². The lowest BCUT2D eigenvalue weighted by molar-refractivity contribution is -0.111. The third-order valence-electron chi connectivity index (χ3n) is 7.73. The van der Waals surface area contributed by atoms with Gasteiger partial charge in [0.2, 0.25) is 5.91 Å². The van der Waals surface area contributed by atoms with Crippen LogP contribution in [0.4, 0.5) is 22.0 Å². The molecule has 2 aliphatic rings. The van der Waals surface area contributed by atoms with Gasteiger partial charge in [-0.05, 0) is 81.1 Å². The van der Waals surface area contributed by atoms with Crippen molar-refractivity contribution in [2.24, 2.45) is 17.8 Å². The van der Waals surface area contributed by atoms with Crippen LogP contribution in [0.25, 0.3) is 10.9 Å². The first-order chi connectivity index (χ1) is 22.1. The van der Waals surface area contributed by atoms with Gasteiger partial charge < -0.3 is 25.0 Å². The second-order valence-corrected chi connectivity index (χ2v) is 12.6. The first-order valence-electron chi connectivity index (χ1n) is 14.9. The van der Waals surface area contributed by atoms with Crippen LogP contribution in [-0.2, 0) is 16.1 Å². The highest BCUT2D eigenvalue weighted by molar-refractivity contribution is 6.32. The molecular formula is C35H33ClN6O4. The van der Waals surface area contributed by atoms with E-state index in [-0.39, 0.29) is 17.9 Å². The van der Waals surface area contributed by atoms with Crippen LogP contribution in [0.2, 0.25) is 5.02 Å². The van der Waals surface area contributed by atoms with Crippen molar-refractivity contribution in [3.05, 3.63) is 90.0 Å². The summed E-state index contributed by atoms with van der Waals surface area (Å²) in [6.45, 7) is 10.7. The zero-order valence-corrected chi connectivity index (χ0v) is 26.5. The quantitative estimate of drug-likeness (QED) is 0.172. The number of hydrogen-bond acceptors (Lipinski definition) is 8. The number of piperidine rings is 1. The minimum Gasteiger partial charge on any atom is -0.486 e. The molecular weight excluding hydrogens is 604 g/mol. The van der Waals surface area contributed by atoms with Crippen molar-refractivity contribution < 1.29 is 19.1 Å². The molecule has 2 aromatic carbocycles. The Bertz CT molecular complexity index is 1870. The Morgan fingerprint density at radius 1 is 1.11 bits per heavy atom. The van der Waals surface area contributed by atoms with Crippen LogP contribution in [0, 0.1) is 29.6 Å². The van der Waals surface area contributed by atoms with Crippen molar-refractivity contribution in [3.63, 3.8) is 0 Å². The van der Waals surface area contributed by atoms with E-state index in [1.165, 1.54) is 12.4 Å². The molecule has 4 aromatic rings. The summed E-state index contributed by atoms with van der Waals surface area (Å²) in [7, 11) is 0. The molecule has 1 saturated heterocycles. The van der Waals surface area contributed by atoms with Gasteiger partial charge in [0.15, 0.2) is 0 Å². The van der Waals surface area contributed by atoms with E-state index in [0.717, 1.165) is 5.69 Å². The molecule has 234 valence electrons. The van der Waals surface area contributed by atoms with Crippen molar-refractivity contribution in [2.75, 3.05) is 23.7 Å². The van der Waals surface area contributed by atoms with Gasteiger partial charge in [-0.2, -0.15) is 0 Å². The van der Waals surface area contributed by atoms with E-state index in [1.807, 2.05) is 51.1 Å². The van der Waals surface area contributed by atoms with Gasteiger partial charge in [0.1, 0.15) is 30.1 Å². The van der Waals surface area contributed by atoms with Gasteiger partial charge in [-0.1, -0.05) is 36.1 Å². The SMILES string of the molecule is C=CC(=O)Nc1cc2c(Nc3ccc(OCc4ccccn4)c(Cl)c3)ncnc2cc1C#CC1C2CN(C(=O)OC(C)(C)C)CC12. The molecule has 11 heteroatoms. The third kappa shape index (κ3) is 7.05. The van der Waals surface area contributed by atoms with Gasteiger partial charge in [0.05, 0.1) is 27.5 Å². The number of hydrogen-bond donors (Lipinski definition) is 2. The number of rotatable bonds is 7. The minimum absolute atomic E-state index is 0.167. The van der Waals surface area contributed by atoms with Gasteiger partial charge >= 0.3 is 6.09 Å². The van der Waals surface area contributed by atoms with Crippen molar-refractivity contribution in [3.8, 4) is 17.6 Å². The number of ether oxygens (including phenoxy) is 2. The van der Waals surface area contributed by atoms with Crippen LogP contribution < -0.4 is 15.4 Å². The van der Waals surface area contributed by atoms with Crippen molar-refractivity contribution in [1.82, 2.24) is 19.9 Å². The van der Waals surface area contributed by atoms with Crippen LogP contribution in [0.1, 0.15) is 32.0 Å². The molecule has 1 aliphatic carbocycles. The average molecular weight is 637 g/mol. The van der Waals surface area contributed by atoms with E-state index >= 15 is 0 Å². The lowest BCUT2D eigenvalue weighted by atomic mass is 10.1. The second-order valence-electron chi connectivity index (χ2n) is 12.2. The molecule has 2 aromatic heterocycles. The zero-order valence-electron chi connectivity index (χ0n) is 25.7. The molecule has 2 unspecified atom stereocenters. The van der Waals surface area contributed by atoms with Gasteiger partial charge in [-0.15, -0.1) is 0 Å². The lowest BCUT2D eigenvalue weighted by Crippen LogP contribution is -2.37. The Hall–Kier alpha value is -5.14. The van der Waals surface area contributed by atoms with Crippen LogP contribution >= 0.6 is 11.6 Å². The molecule has 46 heavy (non-hydrogen) atoms. The molecule has 2 fully saturated rings. The van der Waals surface area contributed by atoms with E-state index in [2.05, 4.69) is 44.0 Å². The van der Waals surface area contributed by atoms with Gasteiger partial charge in [-0.25, -0.2) is 14.8 Å². The molecule has 0 radical (unpaired) electrons. The Labute approximate surface area is 272 Å². The largest absolute Gasteiger partial charge is 0.486 e. The van der Waals surface area contributed by atoms with Crippen LogP contribution in [-0.4, -0.2) is 50.5 Å². The molecule has 1 saturated carbocycles. The zero-order chi connectivity index (χ0) is 32.4. The van der Waals surface area contributed by atoms with Gasteiger partial charge in [-0.3, -0.25) is 9.78 Å². The predicted octanol–water partition coefficient (Wildman–Crippen LogP) is 6.59. The van der Waals surface area contributed by atoms with E-state index in [1.54, 1.807) is 29.3 Å². The van der Waals surface area contributed by atoms with Crippen molar-refractivity contribution in [1.29, 1.82) is 0 Å². The summed E-state index contributed by atoms with van der Waals surface area (Å²) in [4.78, 5) is 39.8. The number of pyridine rings is 1. The Kier molecular flexibility index (Phi) is 8.52. The maximum atomic E-state index is 12.5. The monoisotopic (exact) mass is 636 g/mol. The fourth-order valence-corrected chi connectivity index (χ4v) is 5.67. The molecule has 0 spiro atoms. The maximum Gasteiger partial charge on any atom is 0.410 e. The summed E-state index contributed by atoms with van der Waals surface area (Å²) < 4.78 is 11.4. The fourth-order valence-electron chi connectivity index (χ4n) is 5.44. The highest BCUT2D eigenvalue weighted by Gasteiger charge is 2.56. The fraction of sp³-hybridized carbons (Fsp3) is 0.286. The van der Waals surface area contributed by atoms with E-state index in [0.29, 0.717) is 76.0 Å². The number of benzene rings is 2. The number of amides is 2. The van der Waals surface area contributed by atoms with Crippen molar-refractivity contribution in [2.45, 2.75) is 33.0 Å². The van der Waals surface area contributed by atoms with E-state index < -0.39 is 5.60 Å². The molecule has 2 amide bonds. The van der Waals surface area contributed by atoms with Crippen molar-refractivity contribution >= 4 is 51.7 Å². The van der Waals surface area contributed by atoms with E-state index in [4.69, 9.17) is 21.1 Å². The van der Waals surface area contributed by atoms with E-state index in [9.17, 15) is 9.59 Å². The average Bonchev–Trinajstić information content (AvgIpc) is 3.46. The summed E-state index contributed by atoms with van der Waals surface area (Å²) >= 11 is 6.53. The van der Waals surface area contributed by atoms with Crippen LogP contribution in [0.3, 0.4) is 0 Å². The Morgan fingerprint density at radius 2 is 1.91 bits per heavy atom. The number of halogens is 1. The number of anilines is 3. The number of nitrogens with one attached hydrogen (secondary N) is 2. The number of nitrogens with zero attached hydrogens (tertiary/aromatic N) is 4. The molecule has 1 aliphatic heterocycles. The lowest BCUT2D eigenvalue weighted by Gasteiger charge is -2.25. The molecule has 2 N–H and O–H groups in total. The number of carbonyl (C=O) groups is 2. The summed E-state index contributed by atoms with van der Waals surface area (Å²) in [5.74, 6) is 8.11. The molecule has 3 heterocycles. The Morgan fingerprint density at radius 3 is 2.61 bits per heavy atom. The predicted molar refractivity (Wildman–Crippen MR) is 177 cm³/mol. The summed E-state index contributed by atoms with van der Waals surface area (Å²) in [5, 5.41) is 7.27. The highest BCUT2D eigenvalue weighted by atomic mass is 35.5. The first-order valence-corrected chi connectivity index (χ1v) is 15.3. The first kappa shape index (κ1) is 30.9. The van der Waals surface area contributed by atoms with Crippen LogP contribution in [0.15, 0.2) is 73.7 Å². The van der Waals surface area contributed by atoms with Gasteiger partial charge in [0, 0.05) is 36.3 Å². The molecule has 0 bridgehead atoms. The molecule has 6 rings (SSSR count). The minimum atomic E-state index is -0.530. The summed E-state index contributed by atoms with van der Waals surface area (Å²) in [5.41, 5.74) is 2.74. The number of aromatic nitrogens is 3. The highest BCUT2D eigenvalue weighted by Crippen LogP contribution is 2.51. The number of likely N-dealkylation sites (tertiary alicyclic amines) is 1. The summed E-state index contributed by atoms with van der Waals surface area (Å²) in [6.07, 6.45) is 4.10. The smallest absolute Gasteiger partial charge is 0.410 e. The maximum absolute atomic E-state index is 12.5. The molecule has 10 nitrogen and oxygen atoms in total. The topological polar surface area (TPSA) is 119 Å². The third-order valence-corrected chi connectivity index (χ3v) is 8.03. The second kappa shape index (κ2) is 12.7.